The second-order valence-corrected chi connectivity index (χ2v) is 2.79. The molecule has 0 aromatic carbocycles. The van der Waals surface area contributed by atoms with Gasteiger partial charge in [-0.1, -0.05) is 0 Å². The summed E-state index contributed by atoms with van der Waals surface area (Å²) in [5, 5.41) is 5.87. The van der Waals surface area contributed by atoms with Crippen LogP contribution in [-0.2, 0) is 6.54 Å². The summed E-state index contributed by atoms with van der Waals surface area (Å²) in [6.45, 7) is 0.542. The molecule has 0 spiro atoms. The Balaban J connectivity index is 2.47. The highest BCUT2D eigenvalue weighted by atomic mass is 15.3. The number of nitrogens with zero attached hydrogens (tertiary/aromatic N) is 2. The van der Waals surface area contributed by atoms with Crippen LogP contribution in [0.25, 0.3) is 0 Å². The zero-order valence-corrected chi connectivity index (χ0v) is 6.91. The van der Waals surface area contributed by atoms with Gasteiger partial charge < -0.3 is 16.8 Å². The van der Waals surface area contributed by atoms with Gasteiger partial charge in [0.2, 0.25) is 5.95 Å². The number of rotatable bonds is 0. The maximum Gasteiger partial charge on any atom is 0.222 e. The van der Waals surface area contributed by atoms with E-state index in [4.69, 9.17) is 17.2 Å². The molecule has 1 aliphatic heterocycles. The molecule has 1 aliphatic rings. The van der Waals surface area contributed by atoms with Crippen LogP contribution in [0.5, 0.6) is 0 Å². The first-order chi connectivity index (χ1) is 6.16. The van der Waals surface area contributed by atoms with Crippen molar-refractivity contribution in [3.05, 3.63) is 5.69 Å². The summed E-state index contributed by atoms with van der Waals surface area (Å²) in [6.07, 6.45) is -0.318. The van der Waals surface area contributed by atoms with Crippen molar-refractivity contribution in [3.8, 4) is 0 Å². The van der Waals surface area contributed by atoms with Gasteiger partial charge in [-0.2, -0.15) is 4.98 Å². The van der Waals surface area contributed by atoms with Crippen LogP contribution in [0.1, 0.15) is 5.69 Å². The lowest BCUT2D eigenvalue weighted by Gasteiger charge is -2.25. The highest BCUT2D eigenvalue weighted by Crippen LogP contribution is 2.23. The molecule has 1 unspecified atom stereocenters. The fraction of sp³-hybridized carbons (Fsp3) is 0.333. The van der Waals surface area contributed by atoms with Gasteiger partial charge in [-0.15, -0.1) is 0 Å². The number of nitrogens with one attached hydrogen (secondary N) is 2. The molecule has 1 atom stereocenters. The number of nitrogens with two attached hydrogens (primary N) is 3. The lowest BCUT2D eigenvalue weighted by Crippen LogP contribution is -2.47. The van der Waals surface area contributed by atoms with Crippen molar-refractivity contribution >= 4 is 17.5 Å². The van der Waals surface area contributed by atoms with Crippen molar-refractivity contribution < 1.29 is 0 Å². The second kappa shape index (κ2) is 2.71. The van der Waals surface area contributed by atoms with E-state index < -0.39 is 0 Å². The van der Waals surface area contributed by atoms with Crippen LogP contribution < -0.4 is 27.8 Å². The smallest absolute Gasteiger partial charge is 0.222 e. The number of fused-ring (bicyclic) bond motifs is 1. The molecule has 0 aliphatic carbocycles. The van der Waals surface area contributed by atoms with E-state index in [2.05, 4.69) is 20.6 Å². The van der Waals surface area contributed by atoms with Crippen LogP contribution in [0, 0.1) is 0 Å². The molecule has 0 saturated carbocycles. The largest absolute Gasteiger partial charge is 0.382 e. The van der Waals surface area contributed by atoms with Gasteiger partial charge in [0.15, 0.2) is 5.82 Å². The SMILES string of the molecule is Nc1nc(N)c2c(n1)CNC(N)N2. The predicted molar refractivity (Wildman–Crippen MR) is 49.3 cm³/mol. The number of hydrogen-bond acceptors (Lipinski definition) is 7. The number of nitrogen functional groups attached to an aromatic ring is 2. The van der Waals surface area contributed by atoms with Crippen molar-refractivity contribution in [1.29, 1.82) is 0 Å². The van der Waals surface area contributed by atoms with E-state index in [0.717, 1.165) is 5.69 Å². The molecule has 0 fully saturated rings. The van der Waals surface area contributed by atoms with Crippen molar-refractivity contribution in [2.75, 3.05) is 16.8 Å². The van der Waals surface area contributed by atoms with Crippen LogP contribution >= 0.6 is 0 Å². The van der Waals surface area contributed by atoms with Gasteiger partial charge in [0.25, 0.3) is 0 Å². The third-order valence-electron chi connectivity index (χ3n) is 1.82. The fourth-order valence-electron chi connectivity index (χ4n) is 1.24. The molecule has 0 bridgehead atoms. The maximum atomic E-state index is 5.63. The first-order valence-corrected chi connectivity index (χ1v) is 3.84. The Morgan fingerprint density at radius 3 is 2.85 bits per heavy atom. The van der Waals surface area contributed by atoms with Gasteiger partial charge in [-0.05, 0) is 0 Å². The Morgan fingerprint density at radius 2 is 2.08 bits per heavy atom. The monoisotopic (exact) mass is 181 g/mol. The molecular weight excluding hydrogens is 170 g/mol. The van der Waals surface area contributed by atoms with Gasteiger partial charge in [0, 0.05) is 6.54 Å². The van der Waals surface area contributed by atoms with E-state index in [1.54, 1.807) is 0 Å². The van der Waals surface area contributed by atoms with Crippen LogP contribution in [0.4, 0.5) is 17.5 Å². The Bertz CT molecular complexity index is 336. The van der Waals surface area contributed by atoms with E-state index in [1.807, 2.05) is 0 Å². The van der Waals surface area contributed by atoms with Crippen molar-refractivity contribution in [3.63, 3.8) is 0 Å². The van der Waals surface area contributed by atoms with E-state index >= 15 is 0 Å². The highest BCUT2D eigenvalue weighted by molar-refractivity contribution is 5.67. The molecule has 70 valence electrons. The molecule has 2 heterocycles. The van der Waals surface area contributed by atoms with Crippen molar-refractivity contribution in [2.45, 2.75) is 12.8 Å². The number of hydrogen-bond donors (Lipinski definition) is 5. The van der Waals surface area contributed by atoms with Gasteiger partial charge in [0.05, 0.1) is 5.69 Å². The Hall–Kier alpha value is -1.60. The normalized spacial score (nSPS) is 20.5. The molecule has 8 N–H and O–H groups in total. The Morgan fingerprint density at radius 1 is 1.31 bits per heavy atom. The van der Waals surface area contributed by atoms with Gasteiger partial charge in [-0.3, -0.25) is 11.1 Å². The summed E-state index contributed by atoms with van der Waals surface area (Å²) in [7, 11) is 0. The minimum absolute atomic E-state index is 0.176. The van der Waals surface area contributed by atoms with E-state index in [1.165, 1.54) is 0 Å². The zero-order valence-electron chi connectivity index (χ0n) is 6.91. The molecule has 1 aromatic heterocycles. The fourth-order valence-corrected chi connectivity index (χ4v) is 1.24. The van der Waals surface area contributed by atoms with Crippen LogP contribution in [-0.4, -0.2) is 16.3 Å². The molecule has 0 radical (unpaired) electrons. The van der Waals surface area contributed by atoms with E-state index in [9.17, 15) is 0 Å². The summed E-state index contributed by atoms with van der Waals surface area (Å²) >= 11 is 0. The predicted octanol–water partition coefficient (Wildman–Crippen LogP) is -1.60. The first-order valence-electron chi connectivity index (χ1n) is 3.84. The maximum absolute atomic E-state index is 5.63. The quantitative estimate of drug-likeness (QED) is 0.326. The van der Waals surface area contributed by atoms with Crippen LogP contribution in [0.15, 0.2) is 0 Å². The Kier molecular flexibility index (Phi) is 1.67. The summed E-state index contributed by atoms with van der Waals surface area (Å²) in [5.74, 6) is 0.509. The standard InChI is InChI=1S/C6H11N7/c7-4-3-2(11-6(9)13-4)1-10-5(8)12-3/h5,10,12H,1,8H2,(H4,7,9,11,13). The lowest BCUT2D eigenvalue weighted by molar-refractivity contribution is 0.550. The third-order valence-corrected chi connectivity index (χ3v) is 1.82. The summed E-state index contributed by atoms with van der Waals surface area (Å²) < 4.78 is 0. The van der Waals surface area contributed by atoms with Crippen molar-refractivity contribution in [1.82, 2.24) is 15.3 Å². The molecular formula is C6H11N7. The topological polar surface area (TPSA) is 128 Å². The number of aromatic nitrogens is 2. The molecule has 13 heavy (non-hydrogen) atoms. The summed E-state index contributed by atoms with van der Waals surface area (Å²) in [6, 6.07) is 0. The third kappa shape index (κ3) is 1.34. The molecule has 7 heteroatoms. The average molecular weight is 181 g/mol. The Labute approximate surface area is 74.7 Å². The van der Waals surface area contributed by atoms with Crippen molar-refractivity contribution in [2.24, 2.45) is 5.73 Å². The highest BCUT2D eigenvalue weighted by Gasteiger charge is 2.18. The molecule has 2 rings (SSSR count). The van der Waals surface area contributed by atoms with Gasteiger partial charge >= 0.3 is 0 Å². The summed E-state index contributed by atoms with van der Waals surface area (Å²) in [4.78, 5) is 7.84. The van der Waals surface area contributed by atoms with Gasteiger partial charge in [0.1, 0.15) is 12.0 Å². The molecule has 1 aromatic rings. The number of anilines is 3. The van der Waals surface area contributed by atoms with E-state index in [0.29, 0.717) is 18.1 Å². The minimum atomic E-state index is -0.318. The minimum Gasteiger partial charge on any atom is -0.382 e. The van der Waals surface area contributed by atoms with Crippen LogP contribution in [0.2, 0.25) is 0 Å². The molecule has 7 nitrogen and oxygen atoms in total. The van der Waals surface area contributed by atoms with E-state index in [-0.39, 0.29) is 12.2 Å². The van der Waals surface area contributed by atoms with Gasteiger partial charge in [-0.25, -0.2) is 4.98 Å². The zero-order chi connectivity index (χ0) is 9.42. The first kappa shape index (κ1) is 8.02. The summed E-state index contributed by atoms with van der Waals surface area (Å²) in [5.41, 5.74) is 18.1. The average Bonchev–Trinajstić information content (AvgIpc) is 2.06. The van der Waals surface area contributed by atoms with Crippen LogP contribution in [0.3, 0.4) is 0 Å². The lowest BCUT2D eigenvalue weighted by atomic mass is 10.2. The second-order valence-electron chi connectivity index (χ2n) is 2.79. The molecule has 0 saturated heterocycles. The molecule has 0 amide bonds.